The van der Waals surface area contributed by atoms with Gasteiger partial charge in [-0.05, 0) is 53.9 Å². The number of methoxy groups -OCH3 is 3. The van der Waals surface area contributed by atoms with Gasteiger partial charge in [0.15, 0.2) is 27.1 Å². The molecule has 1 unspecified atom stereocenters. The van der Waals surface area contributed by atoms with E-state index in [0.717, 1.165) is 29.1 Å². The first kappa shape index (κ1) is 32.9. The van der Waals surface area contributed by atoms with Gasteiger partial charge in [0.2, 0.25) is 0 Å². The van der Waals surface area contributed by atoms with Crippen LogP contribution in [0, 0.1) is 0 Å². The van der Waals surface area contributed by atoms with E-state index in [1.807, 2.05) is 24.3 Å². The predicted molar refractivity (Wildman–Crippen MR) is 175 cm³/mol. The van der Waals surface area contributed by atoms with Crippen molar-refractivity contribution < 1.29 is 28.8 Å². The molecule has 0 aliphatic heterocycles. The number of allylic oxidation sites excluding steroid dienone is 2. The van der Waals surface area contributed by atoms with Crippen LogP contribution < -0.4 is 14.2 Å². The molecule has 0 radical (unpaired) electrons. The number of rotatable bonds is 7. The van der Waals surface area contributed by atoms with E-state index >= 15 is 0 Å². The van der Waals surface area contributed by atoms with Crippen LogP contribution in [0.25, 0.3) is 6.08 Å². The highest BCUT2D eigenvalue weighted by atomic mass is 32.2. The summed E-state index contributed by atoms with van der Waals surface area (Å²) < 4.78 is 39.3. The number of sulfone groups is 1. The minimum Gasteiger partial charge on any atom is -0.497 e. The van der Waals surface area contributed by atoms with E-state index in [9.17, 15) is 13.2 Å². The number of benzene rings is 4. The van der Waals surface area contributed by atoms with Gasteiger partial charge in [0.25, 0.3) is 0 Å². The predicted octanol–water partition coefficient (Wildman–Crippen LogP) is 7.80. The fourth-order valence-electron chi connectivity index (χ4n) is 5.01. The summed E-state index contributed by atoms with van der Waals surface area (Å²) in [5, 5.41) is 0. The molecular weight excluding hydrogens is 560 g/mol. The lowest BCUT2D eigenvalue weighted by Gasteiger charge is -2.32. The fourth-order valence-corrected chi connectivity index (χ4v) is 5.92. The Morgan fingerprint density at radius 3 is 1.91 bits per heavy atom. The van der Waals surface area contributed by atoms with Crippen LogP contribution >= 0.6 is 0 Å². The summed E-state index contributed by atoms with van der Waals surface area (Å²) in [5.74, 6) is 2.07. The van der Waals surface area contributed by atoms with Crippen molar-refractivity contribution in [3.63, 3.8) is 0 Å². The van der Waals surface area contributed by atoms with Gasteiger partial charge in [-0.1, -0.05) is 86.8 Å². The lowest BCUT2D eigenvalue weighted by atomic mass is 9.71. The number of ether oxygens (including phenoxy) is 3. The summed E-state index contributed by atoms with van der Waals surface area (Å²) >= 11 is 0. The Morgan fingerprint density at radius 1 is 0.721 bits per heavy atom. The average Bonchev–Trinajstić information content (AvgIpc) is 3.02. The maximum absolute atomic E-state index is 11.8. The zero-order valence-corrected chi connectivity index (χ0v) is 25.2. The number of ketones is 1. The normalized spacial score (nSPS) is 13.4. The highest BCUT2D eigenvalue weighted by Crippen LogP contribution is 2.42. The lowest BCUT2D eigenvalue weighted by molar-refractivity contribution is 0.103. The monoisotopic (exact) mass is 600 g/mol. The Balaban J connectivity index is 0.000000324. The molecule has 0 fully saturated rings. The second-order valence-corrected chi connectivity index (χ2v) is 12.0. The summed E-state index contributed by atoms with van der Waals surface area (Å²) in [7, 11) is 1.67. The Hall–Kier alpha value is -4.62. The first-order valence-corrected chi connectivity index (χ1v) is 15.1. The topological polar surface area (TPSA) is 78.9 Å². The molecule has 0 saturated carbocycles. The number of carbonyl (C=O) groups excluding carboxylic acids is 1. The van der Waals surface area contributed by atoms with Gasteiger partial charge in [-0.3, -0.25) is 4.79 Å². The maximum Gasteiger partial charge on any atom is 0.193 e. The van der Waals surface area contributed by atoms with Crippen LogP contribution in [-0.2, 0) is 15.3 Å². The van der Waals surface area contributed by atoms with Crippen LogP contribution in [0.2, 0.25) is 0 Å². The van der Waals surface area contributed by atoms with E-state index in [1.165, 1.54) is 17.2 Å². The second kappa shape index (κ2) is 13.6. The van der Waals surface area contributed by atoms with Crippen LogP contribution in [0.15, 0.2) is 114 Å². The van der Waals surface area contributed by atoms with Crippen molar-refractivity contribution in [2.75, 3.05) is 27.6 Å². The van der Waals surface area contributed by atoms with Crippen LogP contribution in [0.4, 0.5) is 0 Å². The molecule has 0 aromatic heterocycles. The van der Waals surface area contributed by atoms with Crippen molar-refractivity contribution in [3.05, 3.63) is 137 Å². The smallest absolute Gasteiger partial charge is 0.193 e. The zero-order chi connectivity index (χ0) is 30.5. The van der Waals surface area contributed by atoms with Gasteiger partial charge < -0.3 is 14.2 Å². The number of fused-ring (bicyclic) bond motifs is 1. The highest BCUT2D eigenvalue weighted by Gasteiger charge is 2.32. The molecule has 0 N–H and O–H groups in total. The number of hydrogen-bond donors (Lipinski definition) is 0. The second-order valence-electron chi connectivity index (χ2n) is 9.97. The molecule has 0 heterocycles. The maximum atomic E-state index is 11.8. The van der Waals surface area contributed by atoms with Gasteiger partial charge in [0.05, 0.1) is 26.2 Å². The highest BCUT2D eigenvalue weighted by molar-refractivity contribution is 7.90. The van der Waals surface area contributed by atoms with Gasteiger partial charge in [-0.2, -0.15) is 0 Å². The van der Waals surface area contributed by atoms with E-state index in [4.69, 9.17) is 14.2 Å². The Kier molecular flexibility index (Phi) is 10.4. The third-order valence-corrected chi connectivity index (χ3v) is 8.59. The lowest BCUT2D eigenvalue weighted by Crippen LogP contribution is -2.25. The first-order chi connectivity index (χ1) is 20.0. The van der Waals surface area contributed by atoms with E-state index < -0.39 is 9.84 Å². The van der Waals surface area contributed by atoms with Gasteiger partial charge in [0, 0.05) is 29.8 Å². The minimum atomic E-state index is -3.32. The molecular formula is C36H40O6S. The number of Topliss-reactive ketones (excluding diaryl/α,β-unsaturated/α-hetero) is 1. The van der Waals surface area contributed by atoms with Crippen LogP contribution in [0.5, 0.6) is 17.2 Å². The molecule has 226 valence electrons. The van der Waals surface area contributed by atoms with E-state index in [2.05, 4.69) is 62.0 Å². The SMILES string of the molecule is C.C=C1C=Cc2c(cccc2S(C)(=O)=O)C1=O.COc1ccc(C(C)(c2ccccc2)c2ccc(OC)c(OC)c2)cc1.[HH]. The molecule has 0 bridgehead atoms. The van der Waals surface area contributed by atoms with Crippen molar-refractivity contribution in [1.82, 2.24) is 0 Å². The molecule has 43 heavy (non-hydrogen) atoms. The average molecular weight is 601 g/mol. The Labute approximate surface area is 256 Å². The summed E-state index contributed by atoms with van der Waals surface area (Å²) in [4.78, 5) is 11.9. The molecule has 4 aromatic rings. The first-order valence-electron chi connectivity index (χ1n) is 13.2. The minimum absolute atomic E-state index is 0. The molecule has 0 amide bonds. The van der Waals surface area contributed by atoms with Gasteiger partial charge in [-0.25, -0.2) is 8.42 Å². The number of hydrogen-bond acceptors (Lipinski definition) is 6. The zero-order valence-electron chi connectivity index (χ0n) is 24.4. The van der Waals surface area contributed by atoms with Crippen molar-refractivity contribution in [2.45, 2.75) is 24.7 Å². The third kappa shape index (κ3) is 6.73. The summed E-state index contributed by atoms with van der Waals surface area (Å²) in [6.45, 7) is 5.83. The van der Waals surface area contributed by atoms with Crippen molar-refractivity contribution in [1.29, 1.82) is 0 Å². The van der Waals surface area contributed by atoms with E-state index in [1.54, 1.807) is 45.6 Å². The molecule has 1 aliphatic carbocycles. The van der Waals surface area contributed by atoms with Gasteiger partial charge >= 0.3 is 0 Å². The van der Waals surface area contributed by atoms with Gasteiger partial charge in [-0.15, -0.1) is 0 Å². The van der Waals surface area contributed by atoms with Crippen molar-refractivity contribution in [3.8, 4) is 17.2 Å². The molecule has 1 atom stereocenters. The standard InChI is InChI=1S/C23H24O3.C12H10O3S.CH4.H2/c1-23(17-8-6-5-7-9-17,18-10-13-20(24-2)14-11-18)19-12-15-21(25-3)22(16-19)26-4;1-8-6-7-9-10(12(8)13)4-3-5-11(9)16(2,14)15;;/h5-16H,1-4H3;3-7H,1H2,2H3;1H4;1H. The van der Waals surface area contributed by atoms with Crippen LogP contribution in [-0.4, -0.2) is 41.8 Å². The molecule has 1 aliphatic rings. The van der Waals surface area contributed by atoms with Crippen LogP contribution in [0.1, 0.15) is 48.4 Å². The Bertz CT molecular complexity index is 1750. The molecule has 6 nitrogen and oxygen atoms in total. The molecule has 0 spiro atoms. The largest absolute Gasteiger partial charge is 0.497 e. The quantitative estimate of drug-likeness (QED) is 0.159. The Morgan fingerprint density at radius 2 is 1.33 bits per heavy atom. The fraction of sp³-hybridized carbons (Fsp3) is 0.194. The summed E-state index contributed by atoms with van der Waals surface area (Å²) in [6, 6.07) is 29.5. The summed E-state index contributed by atoms with van der Waals surface area (Å²) in [5.41, 5.74) is 4.41. The van der Waals surface area contributed by atoms with E-state index in [0.29, 0.717) is 16.7 Å². The van der Waals surface area contributed by atoms with Crippen molar-refractivity contribution in [2.24, 2.45) is 0 Å². The van der Waals surface area contributed by atoms with E-state index in [-0.39, 0.29) is 24.9 Å². The van der Waals surface area contributed by atoms with Crippen LogP contribution in [0.3, 0.4) is 0 Å². The van der Waals surface area contributed by atoms with Gasteiger partial charge in [0.1, 0.15) is 5.75 Å². The molecule has 5 rings (SSSR count). The summed E-state index contributed by atoms with van der Waals surface area (Å²) in [6.07, 6.45) is 4.29. The molecule has 4 aromatic carbocycles. The van der Waals surface area contributed by atoms with Crippen molar-refractivity contribution >= 4 is 21.7 Å². The number of carbonyl (C=O) groups is 1. The molecule has 0 saturated heterocycles. The molecule has 7 heteroatoms. The third-order valence-electron chi connectivity index (χ3n) is 7.43.